The van der Waals surface area contributed by atoms with Gasteiger partial charge in [-0.1, -0.05) is 12.5 Å². The highest BCUT2D eigenvalue weighted by molar-refractivity contribution is 7.89. The van der Waals surface area contributed by atoms with Crippen molar-refractivity contribution in [1.29, 1.82) is 0 Å². The molecule has 8 nitrogen and oxygen atoms in total. The van der Waals surface area contributed by atoms with Crippen molar-refractivity contribution in [2.45, 2.75) is 48.4 Å². The van der Waals surface area contributed by atoms with E-state index < -0.39 is 25.6 Å². The molecule has 2 aliphatic rings. The van der Waals surface area contributed by atoms with Crippen LogP contribution in [0.1, 0.15) is 38.7 Å². The predicted molar refractivity (Wildman–Crippen MR) is 120 cm³/mol. The average molecular weight is 481 g/mol. The van der Waals surface area contributed by atoms with E-state index in [1.54, 1.807) is 32.0 Å². The molecule has 0 bridgehead atoms. The summed E-state index contributed by atoms with van der Waals surface area (Å²) in [5.41, 5.74) is -0.220. The van der Waals surface area contributed by atoms with Gasteiger partial charge in [0, 0.05) is 13.1 Å². The molecular formula is C22H28N2O6S2. The van der Waals surface area contributed by atoms with Crippen LogP contribution in [-0.4, -0.2) is 47.4 Å². The first-order valence-electron chi connectivity index (χ1n) is 10.6. The Morgan fingerprint density at radius 2 is 1.41 bits per heavy atom. The Morgan fingerprint density at radius 3 is 2.06 bits per heavy atom. The second-order valence-corrected chi connectivity index (χ2v) is 12.1. The molecule has 0 amide bonds. The monoisotopic (exact) mass is 480 g/mol. The van der Waals surface area contributed by atoms with Gasteiger partial charge in [0.2, 0.25) is 20.0 Å². The molecule has 0 spiro atoms. The molecular weight excluding hydrogens is 452 g/mol. The summed E-state index contributed by atoms with van der Waals surface area (Å²) in [6.45, 7) is 5.42. The lowest BCUT2D eigenvalue weighted by Crippen LogP contribution is -2.41. The summed E-state index contributed by atoms with van der Waals surface area (Å²) in [4.78, 5) is 0.102. The normalized spacial score (nSPS) is 17.8. The first kappa shape index (κ1) is 23.0. The van der Waals surface area contributed by atoms with Crippen molar-refractivity contribution in [2.75, 3.05) is 26.3 Å². The van der Waals surface area contributed by atoms with E-state index in [0.29, 0.717) is 37.8 Å². The highest BCUT2D eigenvalue weighted by atomic mass is 32.2. The maximum Gasteiger partial charge on any atom is 0.243 e. The Kier molecular flexibility index (Phi) is 6.23. The van der Waals surface area contributed by atoms with E-state index in [1.807, 2.05) is 0 Å². The van der Waals surface area contributed by atoms with Crippen LogP contribution in [0, 0.1) is 0 Å². The zero-order valence-corrected chi connectivity index (χ0v) is 19.8. The van der Waals surface area contributed by atoms with Gasteiger partial charge in [0.25, 0.3) is 0 Å². The van der Waals surface area contributed by atoms with Gasteiger partial charge in [0.05, 0.1) is 15.3 Å². The van der Waals surface area contributed by atoms with Crippen molar-refractivity contribution < 1.29 is 26.3 Å². The zero-order valence-electron chi connectivity index (χ0n) is 18.2. The fourth-order valence-corrected chi connectivity index (χ4v) is 6.85. The molecule has 2 heterocycles. The van der Waals surface area contributed by atoms with Gasteiger partial charge in [-0.3, -0.25) is 0 Å². The lowest BCUT2D eigenvalue weighted by Gasteiger charge is -2.28. The van der Waals surface area contributed by atoms with E-state index in [4.69, 9.17) is 9.47 Å². The Hall–Kier alpha value is -2.14. The highest BCUT2D eigenvalue weighted by Gasteiger charge is 2.30. The van der Waals surface area contributed by atoms with Crippen molar-refractivity contribution in [3.8, 4) is 11.5 Å². The molecule has 0 aliphatic carbocycles. The van der Waals surface area contributed by atoms with Crippen molar-refractivity contribution in [3.05, 3.63) is 48.0 Å². The molecule has 1 saturated heterocycles. The van der Waals surface area contributed by atoms with Crippen LogP contribution in [0.3, 0.4) is 0 Å². The van der Waals surface area contributed by atoms with Gasteiger partial charge >= 0.3 is 0 Å². The van der Waals surface area contributed by atoms with Crippen LogP contribution in [0.4, 0.5) is 0 Å². The topological polar surface area (TPSA) is 102 Å². The number of piperidine rings is 1. The molecule has 0 radical (unpaired) electrons. The number of fused-ring (bicyclic) bond motifs is 1. The molecule has 174 valence electrons. The lowest BCUT2D eigenvalue weighted by atomic mass is 9.95. The minimum atomic E-state index is -3.90. The molecule has 4 rings (SSSR count). The van der Waals surface area contributed by atoms with Gasteiger partial charge in [0.1, 0.15) is 13.2 Å². The van der Waals surface area contributed by atoms with E-state index in [9.17, 15) is 16.8 Å². The second-order valence-electron chi connectivity index (χ2n) is 8.53. The summed E-state index contributed by atoms with van der Waals surface area (Å²) in [5, 5.41) is 0. The van der Waals surface area contributed by atoms with E-state index in [1.165, 1.54) is 28.6 Å². The Bertz CT molecular complexity index is 1190. The maximum absolute atomic E-state index is 13.0. The van der Waals surface area contributed by atoms with Crippen LogP contribution >= 0.6 is 0 Å². The van der Waals surface area contributed by atoms with Gasteiger partial charge in [-0.05, 0) is 68.7 Å². The molecule has 32 heavy (non-hydrogen) atoms. The first-order valence-corrected chi connectivity index (χ1v) is 13.6. The van der Waals surface area contributed by atoms with Gasteiger partial charge in [-0.2, -0.15) is 4.31 Å². The van der Waals surface area contributed by atoms with Crippen LogP contribution in [0.25, 0.3) is 0 Å². The van der Waals surface area contributed by atoms with Gasteiger partial charge in [-0.15, -0.1) is 0 Å². The summed E-state index contributed by atoms with van der Waals surface area (Å²) in [6.07, 6.45) is 2.70. The fraction of sp³-hybridized carbons (Fsp3) is 0.455. The van der Waals surface area contributed by atoms with Crippen molar-refractivity contribution in [1.82, 2.24) is 9.03 Å². The smallest absolute Gasteiger partial charge is 0.243 e. The molecule has 1 N–H and O–H groups in total. The van der Waals surface area contributed by atoms with Crippen molar-refractivity contribution >= 4 is 20.0 Å². The molecule has 0 unspecified atom stereocenters. The third-order valence-electron chi connectivity index (χ3n) is 5.74. The number of ether oxygens (including phenoxy) is 2. The van der Waals surface area contributed by atoms with Crippen molar-refractivity contribution in [3.63, 3.8) is 0 Å². The number of hydrogen-bond acceptors (Lipinski definition) is 6. The van der Waals surface area contributed by atoms with Gasteiger partial charge in [0.15, 0.2) is 11.5 Å². The minimum Gasteiger partial charge on any atom is -0.486 e. The number of rotatable bonds is 6. The lowest BCUT2D eigenvalue weighted by molar-refractivity contribution is 0.171. The number of hydrogen-bond donors (Lipinski definition) is 1. The Morgan fingerprint density at radius 1 is 0.812 bits per heavy atom. The van der Waals surface area contributed by atoms with Crippen LogP contribution in [0.2, 0.25) is 0 Å². The molecule has 1 fully saturated rings. The molecule has 2 aliphatic heterocycles. The summed E-state index contributed by atoms with van der Waals surface area (Å²) in [5.74, 6) is 1.21. The number of nitrogens with one attached hydrogen (secondary N) is 1. The maximum atomic E-state index is 13.0. The number of sulfonamides is 2. The fourth-order valence-electron chi connectivity index (χ4n) is 3.93. The Labute approximate surface area is 189 Å². The summed E-state index contributed by atoms with van der Waals surface area (Å²) < 4.78 is 67.0. The standard InChI is InChI=1S/C22H28N2O6S2/c1-22(2,17-6-11-20-21(16-17)30-15-14-29-20)23-31(25,26)18-7-9-19(10-8-18)32(27,28)24-12-4-3-5-13-24/h6-11,16,23H,3-5,12-15H2,1-2H3. The van der Waals surface area contributed by atoms with Gasteiger partial charge < -0.3 is 9.47 Å². The molecule has 2 aromatic carbocycles. The van der Waals surface area contributed by atoms with Crippen LogP contribution in [0.5, 0.6) is 11.5 Å². The third kappa shape index (κ3) is 4.63. The molecule has 0 aromatic heterocycles. The Balaban J connectivity index is 1.54. The van der Waals surface area contributed by atoms with E-state index in [0.717, 1.165) is 24.8 Å². The SMILES string of the molecule is CC(C)(NS(=O)(=O)c1ccc(S(=O)(=O)N2CCCCC2)cc1)c1ccc2c(c1)OCCO2. The molecule has 2 aromatic rings. The first-order chi connectivity index (χ1) is 15.1. The third-order valence-corrected chi connectivity index (χ3v) is 9.32. The van der Waals surface area contributed by atoms with Gasteiger partial charge in [-0.25, -0.2) is 21.6 Å². The summed E-state index contributed by atoms with van der Waals surface area (Å²) >= 11 is 0. The predicted octanol–water partition coefficient (Wildman–Crippen LogP) is 2.85. The average Bonchev–Trinajstić information content (AvgIpc) is 2.79. The summed E-state index contributed by atoms with van der Waals surface area (Å²) in [7, 11) is -7.52. The van der Waals surface area contributed by atoms with Crippen molar-refractivity contribution in [2.24, 2.45) is 0 Å². The minimum absolute atomic E-state index is 0.000660. The van der Waals surface area contributed by atoms with E-state index in [2.05, 4.69) is 4.72 Å². The number of benzene rings is 2. The van der Waals surface area contributed by atoms with Crippen LogP contribution < -0.4 is 14.2 Å². The molecule has 0 saturated carbocycles. The van der Waals surface area contributed by atoms with Crippen LogP contribution in [-0.2, 0) is 25.6 Å². The molecule has 10 heteroatoms. The largest absolute Gasteiger partial charge is 0.486 e. The zero-order chi connectivity index (χ0) is 23.0. The van der Waals surface area contributed by atoms with E-state index >= 15 is 0 Å². The second kappa shape index (κ2) is 8.66. The highest BCUT2D eigenvalue weighted by Crippen LogP contribution is 2.35. The summed E-state index contributed by atoms with van der Waals surface area (Å²) in [6, 6.07) is 10.7. The quantitative estimate of drug-likeness (QED) is 0.682. The number of nitrogens with zero attached hydrogens (tertiary/aromatic N) is 1. The molecule has 0 atom stereocenters. The van der Waals surface area contributed by atoms with E-state index in [-0.39, 0.29) is 9.79 Å². The van der Waals surface area contributed by atoms with Crippen LogP contribution in [0.15, 0.2) is 52.3 Å².